The van der Waals surface area contributed by atoms with Crippen molar-refractivity contribution in [3.8, 4) is 11.8 Å². The predicted molar refractivity (Wildman–Crippen MR) is 77.7 cm³/mol. The number of methoxy groups -OCH3 is 1. The van der Waals surface area contributed by atoms with Crippen LogP contribution in [0.3, 0.4) is 0 Å². The number of benzene rings is 1. The van der Waals surface area contributed by atoms with Crippen molar-refractivity contribution in [3.05, 3.63) is 35.4 Å². The van der Waals surface area contributed by atoms with E-state index in [1.165, 1.54) is 18.4 Å². The minimum absolute atomic E-state index is 0.383. The van der Waals surface area contributed by atoms with E-state index in [0.717, 1.165) is 25.2 Å². The Morgan fingerprint density at radius 1 is 1.47 bits per heavy atom. The summed E-state index contributed by atoms with van der Waals surface area (Å²) in [6, 6.07) is 8.40. The Hall–Kier alpha value is -1.34. The summed E-state index contributed by atoms with van der Waals surface area (Å²) in [7, 11) is 1.80. The molecular formula is C16H22N2O. The van der Waals surface area contributed by atoms with Gasteiger partial charge in [-0.05, 0) is 37.1 Å². The van der Waals surface area contributed by atoms with Gasteiger partial charge in [-0.3, -0.25) is 4.90 Å². The molecule has 1 aromatic carbocycles. The Morgan fingerprint density at radius 3 is 3.16 bits per heavy atom. The maximum Gasteiger partial charge on any atom is 0.0698 e. The first-order valence-corrected chi connectivity index (χ1v) is 6.85. The number of rotatable bonds is 3. The number of piperidine rings is 1. The molecule has 1 heterocycles. The third-order valence-electron chi connectivity index (χ3n) is 3.46. The van der Waals surface area contributed by atoms with Crippen LogP contribution in [-0.2, 0) is 11.3 Å². The van der Waals surface area contributed by atoms with Crippen LogP contribution in [0.1, 0.15) is 24.0 Å². The van der Waals surface area contributed by atoms with Crippen molar-refractivity contribution >= 4 is 0 Å². The maximum atomic E-state index is 5.46. The van der Waals surface area contributed by atoms with E-state index in [1.807, 2.05) is 6.07 Å². The zero-order valence-corrected chi connectivity index (χ0v) is 11.6. The van der Waals surface area contributed by atoms with Gasteiger partial charge in [-0.2, -0.15) is 0 Å². The number of nitrogens with zero attached hydrogens (tertiary/aromatic N) is 1. The average molecular weight is 258 g/mol. The quantitative estimate of drug-likeness (QED) is 0.837. The van der Waals surface area contributed by atoms with E-state index in [9.17, 15) is 0 Å². The summed E-state index contributed by atoms with van der Waals surface area (Å²) in [6.07, 6.45) is 2.77. The molecule has 0 radical (unpaired) electrons. The normalized spacial score (nSPS) is 19.8. The van der Waals surface area contributed by atoms with Gasteiger partial charge >= 0.3 is 0 Å². The Morgan fingerprint density at radius 2 is 2.37 bits per heavy atom. The fourth-order valence-electron chi connectivity index (χ4n) is 2.51. The highest BCUT2D eigenvalue weighted by molar-refractivity contribution is 5.37. The molecule has 0 aromatic heterocycles. The fourth-order valence-corrected chi connectivity index (χ4v) is 2.51. The lowest BCUT2D eigenvalue weighted by molar-refractivity contribution is 0.0285. The third kappa shape index (κ3) is 4.36. The van der Waals surface area contributed by atoms with Crippen molar-refractivity contribution in [2.24, 2.45) is 5.73 Å². The van der Waals surface area contributed by atoms with Gasteiger partial charge in [0.25, 0.3) is 0 Å². The topological polar surface area (TPSA) is 38.5 Å². The monoisotopic (exact) mass is 258 g/mol. The van der Waals surface area contributed by atoms with Crippen LogP contribution in [0.25, 0.3) is 0 Å². The Labute approximate surface area is 115 Å². The summed E-state index contributed by atoms with van der Waals surface area (Å²) in [5, 5.41) is 0. The molecule has 1 aliphatic rings. The first-order chi connectivity index (χ1) is 9.31. The van der Waals surface area contributed by atoms with Crippen LogP contribution < -0.4 is 5.73 Å². The lowest BCUT2D eigenvalue weighted by Crippen LogP contribution is -2.38. The molecule has 1 aromatic rings. The van der Waals surface area contributed by atoms with Crippen LogP contribution in [-0.4, -0.2) is 37.7 Å². The average Bonchev–Trinajstić information content (AvgIpc) is 2.46. The van der Waals surface area contributed by atoms with Gasteiger partial charge in [-0.25, -0.2) is 0 Å². The number of ether oxygens (including phenoxy) is 1. The summed E-state index contributed by atoms with van der Waals surface area (Å²) in [6.45, 7) is 3.55. The zero-order chi connectivity index (χ0) is 13.5. The zero-order valence-electron chi connectivity index (χ0n) is 11.6. The molecule has 2 rings (SSSR count). The second-order valence-corrected chi connectivity index (χ2v) is 4.94. The highest BCUT2D eigenvalue weighted by atomic mass is 16.5. The number of hydrogen-bond donors (Lipinski definition) is 1. The Balaban J connectivity index is 1.98. The molecule has 3 nitrogen and oxygen atoms in total. The molecule has 3 heteroatoms. The molecule has 0 saturated carbocycles. The first-order valence-electron chi connectivity index (χ1n) is 6.85. The highest BCUT2D eigenvalue weighted by Crippen LogP contribution is 2.16. The Kier molecular flexibility index (Phi) is 5.41. The number of hydrogen-bond acceptors (Lipinski definition) is 3. The standard InChI is InChI=1S/C16H22N2O/c1-19-16-8-4-10-18(13-16)12-15-6-2-5-14(11-15)7-3-9-17/h2,5-6,11,16H,4,8-10,12-13,17H2,1H3. The van der Waals surface area contributed by atoms with Crippen molar-refractivity contribution < 1.29 is 4.74 Å². The van der Waals surface area contributed by atoms with Crippen molar-refractivity contribution in [2.45, 2.75) is 25.5 Å². The molecule has 0 spiro atoms. The fraction of sp³-hybridized carbons (Fsp3) is 0.500. The summed E-state index contributed by atoms with van der Waals surface area (Å²) in [5.41, 5.74) is 7.75. The second-order valence-electron chi connectivity index (χ2n) is 4.94. The third-order valence-corrected chi connectivity index (χ3v) is 3.46. The van der Waals surface area contributed by atoms with Crippen LogP contribution in [0, 0.1) is 11.8 Å². The largest absolute Gasteiger partial charge is 0.380 e. The summed E-state index contributed by atoms with van der Waals surface area (Å²) >= 11 is 0. The van der Waals surface area contributed by atoms with E-state index in [2.05, 4.69) is 34.9 Å². The molecule has 1 fully saturated rings. The Bertz CT molecular complexity index is 461. The van der Waals surface area contributed by atoms with E-state index >= 15 is 0 Å². The van der Waals surface area contributed by atoms with Crippen molar-refractivity contribution in [3.63, 3.8) is 0 Å². The molecule has 1 aliphatic heterocycles. The van der Waals surface area contributed by atoms with Crippen molar-refractivity contribution in [1.29, 1.82) is 0 Å². The molecule has 1 atom stereocenters. The predicted octanol–water partition coefficient (Wildman–Crippen LogP) is 1.61. The van der Waals surface area contributed by atoms with Gasteiger partial charge in [-0.1, -0.05) is 24.0 Å². The van der Waals surface area contributed by atoms with Crippen LogP contribution in [0.15, 0.2) is 24.3 Å². The smallest absolute Gasteiger partial charge is 0.0698 e. The molecule has 1 unspecified atom stereocenters. The summed E-state index contributed by atoms with van der Waals surface area (Å²) in [4.78, 5) is 2.45. The summed E-state index contributed by atoms with van der Waals surface area (Å²) < 4.78 is 5.46. The minimum Gasteiger partial charge on any atom is -0.380 e. The summed E-state index contributed by atoms with van der Waals surface area (Å²) in [5.74, 6) is 5.98. The van der Waals surface area contributed by atoms with Gasteiger partial charge in [0, 0.05) is 25.8 Å². The van der Waals surface area contributed by atoms with E-state index < -0.39 is 0 Å². The van der Waals surface area contributed by atoms with E-state index in [4.69, 9.17) is 10.5 Å². The van der Waals surface area contributed by atoms with E-state index in [1.54, 1.807) is 7.11 Å². The molecule has 102 valence electrons. The van der Waals surface area contributed by atoms with Crippen molar-refractivity contribution in [1.82, 2.24) is 4.90 Å². The molecular weight excluding hydrogens is 236 g/mol. The molecule has 2 N–H and O–H groups in total. The molecule has 19 heavy (non-hydrogen) atoms. The van der Waals surface area contributed by atoms with Gasteiger partial charge in [0.1, 0.15) is 0 Å². The molecule has 0 aliphatic carbocycles. The van der Waals surface area contributed by atoms with Crippen LogP contribution >= 0.6 is 0 Å². The van der Waals surface area contributed by atoms with Crippen LogP contribution in [0.4, 0.5) is 0 Å². The van der Waals surface area contributed by atoms with Gasteiger partial charge in [0.05, 0.1) is 12.6 Å². The van der Waals surface area contributed by atoms with Gasteiger partial charge < -0.3 is 10.5 Å². The van der Waals surface area contributed by atoms with E-state index in [-0.39, 0.29) is 0 Å². The van der Waals surface area contributed by atoms with Crippen molar-refractivity contribution in [2.75, 3.05) is 26.7 Å². The van der Waals surface area contributed by atoms with Gasteiger partial charge in [-0.15, -0.1) is 0 Å². The molecule has 0 amide bonds. The lowest BCUT2D eigenvalue weighted by atomic mass is 10.1. The minimum atomic E-state index is 0.383. The van der Waals surface area contributed by atoms with E-state index in [0.29, 0.717) is 12.6 Å². The SMILES string of the molecule is COC1CCCN(Cc2cccc(C#CCN)c2)C1. The number of nitrogens with two attached hydrogens (primary N) is 1. The van der Waals surface area contributed by atoms with Crippen LogP contribution in [0.2, 0.25) is 0 Å². The molecule has 1 saturated heterocycles. The highest BCUT2D eigenvalue weighted by Gasteiger charge is 2.19. The lowest BCUT2D eigenvalue weighted by Gasteiger charge is -2.31. The van der Waals surface area contributed by atoms with Gasteiger partial charge in [0.15, 0.2) is 0 Å². The number of likely N-dealkylation sites (tertiary alicyclic amines) is 1. The van der Waals surface area contributed by atoms with Crippen LogP contribution in [0.5, 0.6) is 0 Å². The second kappa shape index (κ2) is 7.30. The van der Waals surface area contributed by atoms with Gasteiger partial charge in [0.2, 0.25) is 0 Å². The first kappa shape index (κ1) is 14.1. The molecule has 0 bridgehead atoms. The maximum absolute atomic E-state index is 5.46.